The second kappa shape index (κ2) is 13.5. The van der Waals surface area contributed by atoms with Crippen LogP contribution in [0.15, 0.2) is 78.0 Å². The number of nitrogens with zero attached hydrogens (tertiary/aromatic N) is 2. The second-order valence-corrected chi connectivity index (χ2v) is 10.2. The van der Waals surface area contributed by atoms with Gasteiger partial charge in [0.15, 0.2) is 8.38 Å². The van der Waals surface area contributed by atoms with Gasteiger partial charge in [-0.1, -0.05) is 48.5 Å². The number of nitrogens with one attached hydrogen (secondary N) is 1. The van der Waals surface area contributed by atoms with E-state index in [9.17, 15) is 14.8 Å². The first-order chi connectivity index (χ1) is 16.9. The monoisotopic (exact) mass is 497 g/mol. The number of hydrogen-bond acceptors (Lipinski definition) is 6. The Hall–Kier alpha value is -2.54. The number of rotatable bonds is 12. The van der Waals surface area contributed by atoms with Crippen molar-refractivity contribution in [3.63, 3.8) is 0 Å². The lowest BCUT2D eigenvalue weighted by Crippen LogP contribution is -2.30. The molecule has 0 aromatic heterocycles. The average molecular weight is 498 g/mol. The molecular formula is C27H36N3O4P. The molecule has 2 aromatic carbocycles. The van der Waals surface area contributed by atoms with Crippen molar-refractivity contribution in [3.8, 4) is 0 Å². The normalized spacial score (nSPS) is 15.3. The Morgan fingerprint density at radius 3 is 2.60 bits per heavy atom. The molecule has 1 amide bonds. The van der Waals surface area contributed by atoms with Crippen molar-refractivity contribution in [2.24, 2.45) is 0 Å². The molecule has 0 saturated heterocycles. The number of aliphatic hydroxyl groups excluding tert-OH is 1. The largest absolute Gasteiger partial charge is 0.387 e. The van der Waals surface area contributed by atoms with Gasteiger partial charge in [0.1, 0.15) is 0 Å². The standard InChI is InChI=1S/C27H36N3O4P/c1-29-17-22(15-23(18-29)20-35(33)34-3)19-30(2)27(32)25-11-9-21(10-12-25)13-14-28-16-26(31)24-7-5-4-6-8-24/h4-12,15,17,26,28,31,33H,13-14,16,18-20H2,1-3H3. The summed E-state index contributed by atoms with van der Waals surface area (Å²) in [6.07, 6.45) is 4.88. The number of carbonyl (C=O) groups is 1. The van der Waals surface area contributed by atoms with Gasteiger partial charge in [0.2, 0.25) is 0 Å². The molecule has 0 fully saturated rings. The van der Waals surface area contributed by atoms with Crippen LogP contribution in [0.25, 0.3) is 0 Å². The van der Waals surface area contributed by atoms with Crippen molar-refractivity contribution in [2.75, 3.05) is 53.5 Å². The Balaban J connectivity index is 1.47. The zero-order valence-electron chi connectivity index (χ0n) is 20.7. The second-order valence-electron chi connectivity index (χ2n) is 8.85. The molecule has 8 heteroatoms. The van der Waals surface area contributed by atoms with Gasteiger partial charge in [-0.25, -0.2) is 0 Å². The zero-order valence-corrected chi connectivity index (χ0v) is 21.6. The topological polar surface area (TPSA) is 85.3 Å². The fourth-order valence-corrected chi connectivity index (χ4v) is 4.73. The van der Waals surface area contributed by atoms with Gasteiger partial charge in [-0.3, -0.25) is 4.79 Å². The molecule has 3 rings (SSSR count). The molecule has 0 spiro atoms. The molecule has 1 aliphatic rings. The summed E-state index contributed by atoms with van der Waals surface area (Å²) in [5, 5.41) is 13.5. The highest BCUT2D eigenvalue weighted by Gasteiger charge is 2.17. The summed E-state index contributed by atoms with van der Waals surface area (Å²) in [6.45, 7) is 2.47. The van der Waals surface area contributed by atoms with Gasteiger partial charge in [-0.2, -0.15) is 0 Å². The lowest BCUT2D eigenvalue weighted by Gasteiger charge is -2.26. The van der Waals surface area contributed by atoms with Crippen LogP contribution in [0.1, 0.15) is 27.6 Å². The van der Waals surface area contributed by atoms with Crippen LogP contribution in [0, 0.1) is 0 Å². The third-order valence-electron chi connectivity index (χ3n) is 5.86. The molecule has 0 radical (unpaired) electrons. The maximum Gasteiger partial charge on any atom is 0.253 e. The van der Waals surface area contributed by atoms with Crippen LogP contribution in [0.2, 0.25) is 0 Å². The van der Waals surface area contributed by atoms with E-state index in [1.165, 1.54) is 7.11 Å². The lowest BCUT2D eigenvalue weighted by atomic mass is 10.1. The van der Waals surface area contributed by atoms with Gasteiger partial charge in [-0.15, -0.1) is 0 Å². The fraction of sp³-hybridized carbons (Fsp3) is 0.370. The van der Waals surface area contributed by atoms with Crippen LogP contribution in [-0.4, -0.2) is 79.3 Å². The molecule has 0 saturated carbocycles. The summed E-state index contributed by atoms with van der Waals surface area (Å²) in [5.41, 5.74) is 4.80. The lowest BCUT2D eigenvalue weighted by molar-refractivity contribution is 0.0807. The van der Waals surface area contributed by atoms with Crippen molar-refractivity contribution in [2.45, 2.75) is 12.5 Å². The minimum absolute atomic E-state index is 0.0361. The van der Waals surface area contributed by atoms with Crippen LogP contribution < -0.4 is 5.32 Å². The molecular weight excluding hydrogens is 461 g/mol. The number of aliphatic hydroxyl groups is 1. The Morgan fingerprint density at radius 2 is 1.91 bits per heavy atom. The Morgan fingerprint density at radius 1 is 1.20 bits per heavy atom. The van der Waals surface area contributed by atoms with Crippen LogP contribution >= 0.6 is 8.38 Å². The SMILES string of the molecule is COP(O)CC1=CC(CN(C)C(=O)c2ccc(CCNCC(O)c3ccccc3)cc2)=CN(C)C1. The van der Waals surface area contributed by atoms with E-state index in [2.05, 4.69) is 16.3 Å². The summed E-state index contributed by atoms with van der Waals surface area (Å²) in [5.74, 6) is -0.0361. The molecule has 1 aliphatic heterocycles. The van der Waals surface area contributed by atoms with Gasteiger partial charge < -0.3 is 29.6 Å². The van der Waals surface area contributed by atoms with Gasteiger partial charge in [0.05, 0.1) is 6.10 Å². The highest BCUT2D eigenvalue weighted by atomic mass is 31.2. The quantitative estimate of drug-likeness (QED) is 0.308. The smallest absolute Gasteiger partial charge is 0.253 e. The highest BCUT2D eigenvalue weighted by Crippen LogP contribution is 2.33. The summed E-state index contributed by atoms with van der Waals surface area (Å²) >= 11 is 0. The molecule has 7 nitrogen and oxygen atoms in total. The fourth-order valence-electron chi connectivity index (χ4n) is 4.06. The summed E-state index contributed by atoms with van der Waals surface area (Å²) in [4.78, 5) is 26.6. The third-order valence-corrected chi connectivity index (χ3v) is 6.96. The van der Waals surface area contributed by atoms with Gasteiger partial charge in [0, 0.05) is 58.8 Å². The van der Waals surface area contributed by atoms with Crippen molar-refractivity contribution >= 4 is 14.3 Å². The molecule has 188 valence electrons. The predicted molar refractivity (Wildman–Crippen MR) is 141 cm³/mol. The van der Waals surface area contributed by atoms with Crippen molar-refractivity contribution in [3.05, 3.63) is 94.7 Å². The Labute approximate surface area is 209 Å². The van der Waals surface area contributed by atoms with Gasteiger partial charge in [-0.05, 0) is 47.4 Å². The molecule has 1 heterocycles. The molecule has 3 N–H and O–H groups in total. The Kier molecular flexibility index (Phi) is 10.5. The highest BCUT2D eigenvalue weighted by molar-refractivity contribution is 7.46. The van der Waals surface area contributed by atoms with E-state index >= 15 is 0 Å². The first-order valence-electron chi connectivity index (χ1n) is 11.7. The van der Waals surface area contributed by atoms with Crippen molar-refractivity contribution in [1.29, 1.82) is 0 Å². The number of carbonyl (C=O) groups excluding carboxylic acids is 1. The number of benzene rings is 2. The molecule has 35 heavy (non-hydrogen) atoms. The Bertz CT molecular complexity index is 1010. The van der Waals surface area contributed by atoms with E-state index in [1.807, 2.05) is 67.8 Å². The number of hydrogen-bond donors (Lipinski definition) is 3. The molecule has 2 aromatic rings. The molecule has 0 bridgehead atoms. The molecule has 2 atom stereocenters. The summed E-state index contributed by atoms with van der Waals surface area (Å²) in [6, 6.07) is 17.3. The number of likely N-dealkylation sites (N-methyl/N-ethyl adjacent to an activating group) is 2. The van der Waals surface area contributed by atoms with E-state index in [0.717, 1.165) is 41.8 Å². The predicted octanol–water partition coefficient (Wildman–Crippen LogP) is 3.33. The van der Waals surface area contributed by atoms with Crippen LogP contribution in [0.4, 0.5) is 0 Å². The van der Waals surface area contributed by atoms with E-state index in [0.29, 0.717) is 24.8 Å². The van der Waals surface area contributed by atoms with E-state index in [1.54, 1.807) is 11.9 Å². The van der Waals surface area contributed by atoms with Crippen LogP contribution in [-0.2, 0) is 10.9 Å². The van der Waals surface area contributed by atoms with Crippen molar-refractivity contribution in [1.82, 2.24) is 15.1 Å². The maximum atomic E-state index is 13.0. The minimum atomic E-state index is -1.45. The van der Waals surface area contributed by atoms with E-state index in [-0.39, 0.29) is 5.91 Å². The first kappa shape index (κ1) is 27.1. The number of amides is 1. The molecule has 0 aliphatic carbocycles. The zero-order chi connectivity index (χ0) is 25.2. The third kappa shape index (κ3) is 8.57. The molecule has 2 unspecified atom stereocenters. The van der Waals surface area contributed by atoms with E-state index < -0.39 is 14.5 Å². The first-order valence-corrected chi connectivity index (χ1v) is 13.1. The average Bonchev–Trinajstić information content (AvgIpc) is 2.86. The van der Waals surface area contributed by atoms with Crippen LogP contribution in [0.5, 0.6) is 0 Å². The summed E-state index contributed by atoms with van der Waals surface area (Å²) < 4.78 is 5.03. The maximum absolute atomic E-state index is 13.0. The summed E-state index contributed by atoms with van der Waals surface area (Å²) in [7, 11) is 3.85. The van der Waals surface area contributed by atoms with Crippen LogP contribution in [0.3, 0.4) is 0 Å². The van der Waals surface area contributed by atoms with Gasteiger partial charge >= 0.3 is 0 Å². The minimum Gasteiger partial charge on any atom is -0.387 e. The van der Waals surface area contributed by atoms with Gasteiger partial charge in [0.25, 0.3) is 5.91 Å². The van der Waals surface area contributed by atoms with Crippen molar-refractivity contribution < 1.29 is 19.3 Å². The van der Waals surface area contributed by atoms with E-state index in [4.69, 9.17) is 4.52 Å².